The van der Waals surface area contributed by atoms with Gasteiger partial charge in [-0.3, -0.25) is 0 Å². The number of para-hydroxylation sites is 6. The lowest BCUT2D eigenvalue weighted by Gasteiger charge is -2.42. The summed E-state index contributed by atoms with van der Waals surface area (Å²) in [6.07, 6.45) is 0. The van der Waals surface area contributed by atoms with Crippen molar-refractivity contribution in [2.24, 2.45) is 0 Å². The number of ether oxygens (including phenoxy) is 2. The van der Waals surface area contributed by atoms with Gasteiger partial charge in [-0.25, -0.2) is 0 Å². The molecule has 2 spiro atoms. The lowest BCUT2D eigenvalue weighted by Crippen LogP contribution is -2.33. The van der Waals surface area contributed by atoms with E-state index in [2.05, 4.69) is 259 Å². The van der Waals surface area contributed by atoms with Gasteiger partial charge in [0.25, 0.3) is 0 Å². The van der Waals surface area contributed by atoms with E-state index in [1.165, 1.54) is 55.6 Å². The summed E-state index contributed by atoms with van der Waals surface area (Å²) in [7, 11) is 0. The number of anilines is 3. The molecule has 74 heavy (non-hydrogen) atoms. The fourth-order valence-electron chi connectivity index (χ4n) is 13.4. The number of fused-ring (bicyclic) bond motifs is 21. The first-order valence-electron chi connectivity index (χ1n) is 26.0. The standard InChI is InChI=1S/C70H53NO3/c1-67(2,3)42-33-36-46-47-37-34-43(68(4,5)6)40-57(47)70(56(46)39-42)54-25-12-16-32-64(54)74-66-55(70)26-18-28-60(66)71(59-27-17-21-50-49-20-8-13-29-61(49)73-65(50)59)44-35-38-48-45-19-7-9-22-51(45)69(58(48)41-44)52-23-10-14-30-62(52)72-63-31-15-11-24-53(63)69/h7-41H,1-6H3. The van der Waals surface area contributed by atoms with Crippen LogP contribution in [0.15, 0.2) is 217 Å². The molecular weight excluding hydrogens is 903 g/mol. The minimum absolute atomic E-state index is 0.0882. The van der Waals surface area contributed by atoms with Crippen LogP contribution < -0.4 is 14.4 Å². The molecule has 0 unspecified atom stereocenters. The first-order chi connectivity index (χ1) is 36.0. The lowest BCUT2D eigenvalue weighted by atomic mass is 9.64. The van der Waals surface area contributed by atoms with Crippen molar-refractivity contribution in [1.29, 1.82) is 0 Å². The molecule has 3 heterocycles. The molecule has 0 N–H and O–H groups in total. The SMILES string of the molecule is CC(C)(C)c1ccc2c(c1)C1(c3ccccc3Oc3c(N(c4ccc5c(c4)C4(c6ccccc6Oc6ccccc64)c4ccccc4-5)c4cccc5c4oc4ccccc45)cccc31)c1cc(C(C)(C)C)ccc1-2. The van der Waals surface area contributed by atoms with Gasteiger partial charge in [-0.1, -0.05) is 205 Å². The predicted octanol–water partition coefficient (Wildman–Crippen LogP) is 18.6. The number of benzene rings is 10. The van der Waals surface area contributed by atoms with Crippen LogP contribution in [0.3, 0.4) is 0 Å². The molecule has 0 saturated carbocycles. The summed E-state index contributed by atoms with van der Waals surface area (Å²) in [6, 6.07) is 78.1. The van der Waals surface area contributed by atoms with E-state index in [4.69, 9.17) is 13.9 Å². The van der Waals surface area contributed by atoms with Gasteiger partial charge in [-0.2, -0.15) is 0 Å². The summed E-state index contributed by atoms with van der Waals surface area (Å²) in [5.74, 6) is 3.37. The van der Waals surface area contributed by atoms with Gasteiger partial charge < -0.3 is 18.8 Å². The van der Waals surface area contributed by atoms with E-state index in [0.29, 0.717) is 0 Å². The van der Waals surface area contributed by atoms with Crippen LogP contribution in [-0.4, -0.2) is 0 Å². The zero-order valence-corrected chi connectivity index (χ0v) is 42.4. The Hall–Kier alpha value is -8.60. The Kier molecular flexibility index (Phi) is 8.72. The van der Waals surface area contributed by atoms with Crippen molar-refractivity contribution in [1.82, 2.24) is 0 Å². The summed E-state index contributed by atoms with van der Waals surface area (Å²) in [4.78, 5) is 2.41. The average Bonchev–Trinajstić information content (AvgIpc) is 4.04. The minimum Gasteiger partial charge on any atom is -0.457 e. The highest BCUT2D eigenvalue weighted by molar-refractivity contribution is 6.11. The highest BCUT2D eigenvalue weighted by Crippen LogP contribution is 2.66. The van der Waals surface area contributed by atoms with Crippen LogP contribution >= 0.6 is 0 Å². The highest BCUT2D eigenvalue weighted by Gasteiger charge is 2.54. The van der Waals surface area contributed by atoms with Gasteiger partial charge in [-0.15, -0.1) is 0 Å². The summed E-state index contributed by atoms with van der Waals surface area (Å²) >= 11 is 0. The van der Waals surface area contributed by atoms with Gasteiger partial charge in [0.15, 0.2) is 11.3 Å². The summed E-state index contributed by atoms with van der Waals surface area (Å²) in [5.41, 5.74) is 19.9. The Morgan fingerprint density at radius 2 is 0.811 bits per heavy atom. The molecule has 1 aromatic heterocycles. The third kappa shape index (κ3) is 5.63. The lowest BCUT2D eigenvalue weighted by molar-refractivity contribution is 0.436. The quantitative estimate of drug-likeness (QED) is 0.177. The van der Waals surface area contributed by atoms with Gasteiger partial charge in [0.1, 0.15) is 22.8 Å². The second kappa shape index (κ2) is 15.0. The molecule has 4 heteroatoms. The molecular formula is C70H53NO3. The van der Waals surface area contributed by atoms with Gasteiger partial charge in [-0.05, 0) is 115 Å². The van der Waals surface area contributed by atoms with Crippen LogP contribution in [0.1, 0.15) is 97.2 Å². The largest absolute Gasteiger partial charge is 0.457 e. The second-order valence-corrected chi connectivity index (χ2v) is 22.7. The van der Waals surface area contributed by atoms with Crippen LogP contribution in [-0.2, 0) is 21.7 Å². The maximum atomic E-state index is 7.57. The van der Waals surface area contributed by atoms with Crippen molar-refractivity contribution in [3.63, 3.8) is 0 Å². The zero-order valence-electron chi connectivity index (χ0n) is 42.4. The second-order valence-electron chi connectivity index (χ2n) is 22.7. The highest BCUT2D eigenvalue weighted by atomic mass is 16.5. The molecule has 2 aliphatic carbocycles. The van der Waals surface area contributed by atoms with Crippen molar-refractivity contribution in [3.05, 3.63) is 268 Å². The van der Waals surface area contributed by atoms with Crippen molar-refractivity contribution in [3.8, 4) is 45.3 Å². The number of nitrogens with zero attached hydrogens (tertiary/aromatic N) is 1. The molecule has 4 nitrogen and oxygen atoms in total. The molecule has 356 valence electrons. The Morgan fingerprint density at radius 3 is 1.45 bits per heavy atom. The van der Waals surface area contributed by atoms with E-state index in [1.54, 1.807) is 0 Å². The molecule has 2 aliphatic heterocycles. The number of rotatable bonds is 3. The maximum Gasteiger partial charge on any atom is 0.159 e. The average molecular weight is 956 g/mol. The number of furan rings is 1. The summed E-state index contributed by atoms with van der Waals surface area (Å²) in [5, 5.41) is 2.13. The molecule has 0 bridgehead atoms. The smallest absolute Gasteiger partial charge is 0.159 e. The van der Waals surface area contributed by atoms with E-state index in [0.717, 1.165) is 84.3 Å². The van der Waals surface area contributed by atoms with Gasteiger partial charge in [0.05, 0.1) is 22.2 Å². The summed E-state index contributed by atoms with van der Waals surface area (Å²) in [6.45, 7) is 13.9. The molecule has 0 radical (unpaired) electrons. The van der Waals surface area contributed by atoms with E-state index >= 15 is 0 Å². The molecule has 0 saturated heterocycles. The van der Waals surface area contributed by atoms with Crippen molar-refractivity contribution in [2.75, 3.05) is 4.90 Å². The predicted molar refractivity (Wildman–Crippen MR) is 301 cm³/mol. The fourth-order valence-corrected chi connectivity index (χ4v) is 13.4. The molecule has 0 atom stereocenters. The Morgan fingerprint density at radius 1 is 0.351 bits per heavy atom. The van der Waals surface area contributed by atoms with Gasteiger partial charge >= 0.3 is 0 Å². The molecule has 15 rings (SSSR count). The van der Waals surface area contributed by atoms with E-state index in [1.807, 2.05) is 0 Å². The topological polar surface area (TPSA) is 34.8 Å². The Labute approximate surface area is 432 Å². The third-order valence-corrected chi connectivity index (χ3v) is 16.7. The minimum atomic E-state index is -0.719. The van der Waals surface area contributed by atoms with Crippen molar-refractivity contribution < 1.29 is 13.9 Å². The van der Waals surface area contributed by atoms with Crippen LogP contribution in [0.25, 0.3) is 44.2 Å². The van der Waals surface area contributed by atoms with Crippen LogP contribution in [0.4, 0.5) is 17.1 Å². The van der Waals surface area contributed by atoms with Crippen molar-refractivity contribution in [2.45, 2.75) is 63.2 Å². The van der Waals surface area contributed by atoms with Crippen molar-refractivity contribution >= 4 is 39.0 Å². The van der Waals surface area contributed by atoms with E-state index in [-0.39, 0.29) is 10.8 Å². The normalized spacial score (nSPS) is 14.8. The third-order valence-electron chi connectivity index (χ3n) is 16.7. The maximum absolute atomic E-state index is 7.57. The molecule has 11 aromatic rings. The van der Waals surface area contributed by atoms with Gasteiger partial charge in [0.2, 0.25) is 0 Å². The van der Waals surface area contributed by atoms with Crippen LogP contribution in [0.2, 0.25) is 0 Å². The zero-order chi connectivity index (χ0) is 49.9. The monoisotopic (exact) mass is 955 g/mol. The first kappa shape index (κ1) is 43.0. The molecule has 4 aliphatic rings. The molecule has 10 aromatic carbocycles. The number of hydrogen-bond donors (Lipinski definition) is 0. The summed E-state index contributed by atoms with van der Waals surface area (Å²) < 4.78 is 21.4. The fraction of sp³-hybridized carbons (Fsp3) is 0.143. The molecule has 0 fully saturated rings. The van der Waals surface area contributed by atoms with Gasteiger partial charge in [0, 0.05) is 38.7 Å². The Balaban J connectivity index is 1.06. The van der Waals surface area contributed by atoms with Crippen LogP contribution in [0.5, 0.6) is 23.0 Å². The van der Waals surface area contributed by atoms with Crippen LogP contribution in [0, 0.1) is 0 Å². The Bertz CT molecular complexity index is 4090. The first-order valence-corrected chi connectivity index (χ1v) is 26.0. The van der Waals surface area contributed by atoms with E-state index < -0.39 is 10.8 Å². The molecule has 0 amide bonds. The number of hydrogen-bond acceptors (Lipinski definition) is 4. The van der Waals surface area contributed by atoms with E-state index in [9.17, 15) is 0 Å².